The highest BCUT2D eigenvalue weighted by Gasteiger charge is 2.16. The van der Waals surface area contributed by atoms with Gasteiger partial charge < -0.3 is 11.1 Å². The normalized spacial score (nSPS) is 10.5. The van der Waals surface area contributed by atoms with Crippen molar-refractivity contribution in [1.82, 2.24) is 9.78 Å². The summed E-state index contributed by atoms with van der Waals surface area (Å²) in [6, 6.07) is 5.63. The van der Waals surface area contributed by atoms with Crippen molar-refractivity contribution in [2.75, 3.05) is 11.1 Å². The van der Waals surface area contributed by atoms with E-state index in [4.69, 9.17) is 5.73 Å². The van der Waals surface area contributed by atoms with Gasteiger partial charge >= 0.3 is 0 Å². The van der Waals surface area contributed by atoms with Crippen LogP contribution in [0.25, 0.3) is 0 Å². The lowest BCUT2D eigenvalue weighted by Gasteiger charge is -2.09. The van der Waals surface area contributed by atoms with Crippen LogP contribution in [0.15, 0.2) is 18.2 Å². The Kier molecular flexibility index (Phi) is 3.79. The molecule has 1 aromatic heterocycles. The average molecular weight is 370 g/mol. The number of carbonyl (C=O) groups excluding carboxylic acids is 1. The number of aromatic nitrogens is 2. The molecule has 3 N–H and O–H groups in total. The lowest BCUT2D eigenvalue weighted by Crippen LogP contribution is -2.17. The first-order chi connectivity index (χ1) is 8.91. The Labute approximate surface area is 125 Å². The number of nitrogen functional groups attached to an aromatic ring is 1. The molecular formula is C13H15IN4O. The van der Waals surface area contributed by atoms with Crippen LogP contribution >= 0.6 is 22.6 Å². The Morgan fingerprint density at radius 3 is 2.68 bits per heavy atom. The highest BCUT2D eigenvalue weighted by Crippen LogP contribution is 2.23. The molecular weight excluding hydrogens is 355 g/mol. The third-order valence-electron chi connectivity index (χ3n) is 2.94. The second-order valence-electron chi connectivity index (χ2n) is 4.36. The van der Waals surface area contributed by atoms with Crippen molar-refractivity contribution in [3.8, 4) is 0 Å². The molecule has 0 radical (unpaired) electrons. The van der Waals surface area contributed by atoms with Crippen LogP contribution in [0.3, 0.4) is 0 Å². The number of hydrogen-bond acceptors (Lipinski definition) is 3. The van der Waals surface area contributed by atoms with Gasteiger partial charge in [0.25, 0.3) is 5.91 Å². The van der Waals surface area contributed by atoms with Gasteiger partial charge in [-0.05, 0) is 48.1 Å². The monoisotopic (exact) mass is 370 g/mol. The van der Waals surface area contributed by atoms with Gasteiger partial charge in [-0.3, -0.25) is 9.48 Å². The summed E-state index contributed by atoms with van der Waals surface area (Å²) in [5, 5.41) is 6.99. The molecule has 5 nitrogen and oxygen atoms in total. The molecule has 1 aromatic carbocycles. The Morgan fingerprint density at radius 1 is 1.42 bits per heavy atom. The highest BCUT2D eigenvalue weighted by atomic mass is 127. The highest BCUT2D eigenvalue weighted by molar-refractivity contribution is 14.1. The minimum atomic E-state index is -0.178. The number of halogens is 1. The molecule has 19 heavy (non-hydrogen) atoms. The van der Waals surface area contributed by atoms with Crippen LogP contribution < -0.4 is 11.1 Å². The van der Waals surface area contributed by atoms with Crippen LogP contribution in [0.2, 0.25) is 0 Å². The molecule has 0 unspecified atom stereocenters. The standard InChI is InChI=1S/C13H15IN4O/c1-7-5-4-6-9(10(7)14)13(19)16-12-11(15)8(2)17-18(12)3/h4-6H,15H2,1-3H3,(H,16,19). The number of nitrogens with two attached hydrogens (primary N) is 1. The maximum Gasteiger partial charge on any atom is 0.257 e. The summed E-state index contributed by atoms with van der Waals surface area (Å²) >= 11 is 2.17. The van der Waals surface area contributed by atoms with Gasteiger partial charge in [-0.25, -0.2) is 0 Å². The second-order valence-corrected chi connectivity index (χ2v) is 5.44. The van der Waals surface area contributed by atoms with Crippen LogP contribution in [0.4, 0.5) is 11.5 Å². The van der Waals surface area contributed by atoms with Gasteiger partial charge in [-0.15, -0.1) is 0 Å². The second kappa shape index (κ2) is 5.20. The summed E-state index contributed by atoms with van der Waals surface area (Å²) in [6.45, 7) is 3.78. The van der Waals surface area contributed by atoms with Crippen molar-refractivity contribution in [2.24, 2.45) is 7.05 Å². The molecule has 0 saturated carbocycles. The Bertz CT molecular complexity index is 648. The van der Waals surface area contributed by atoms with Gasteiger partial charge in [0.1, 0.15) is 0 Å². The number of carbonyl (C=O) groups is 1. The summed E-state index contributed by atoms with van der Waals surface area (Å²) in [6.07, 6.45) is 0. The van der Waals surface area contributed by atoms with Crippen LogP contribution in [0, 0.1) is 17.4 Å². The summed E-state index contributed by atoms with van der Waals surface area (Å²) in [4.78, 5) is 12.3. The molecule has 0 spiro atoms. The minimum Gasteiger partial charge on any atom is -0.394 e. The van der Waals surface area contributed by atoms with Crippen molar-refractivity contribution in [1.29, 1.82) is 0 Å². The Morgan fingerprint density at radius 2 is 2.11 bits per heavy atom. The van der Waals surface area contributed by atoms with E-state index in [1.807, 2.05) is 19.1 Å². The maximum atomic E-state index is 12.3. The van der Waals surface area contributed by atoms with E-state index in [0.717, 1.165) is 9.13 Å². The van der Waals surface area contributed by atoms with Gasteiger partial charge in [0.05, 0.1) is 16.9 Å². The van der Waals surface area contributed by atoms with Gasteiger partial charge in [-0.2, -0.15) is 5.10 Å². The van der Waals surface area contributed by atoms with Crippen LogP contribution in [0.5, 0.6) is 0 Å². The van der Waals surface area contributed by atoms with Gasteiger partial charge in [0.2, 0.25) is 0 Å². The van der Waals surface area contributed by atoms with E-state index in [1.54, 1.807) is 24.7 Å². The number of amides is 1. The molecule has 0 bridgehead atoms. The molecule has 0 atom stereocenters. The quantitative estimate of drug-likeness (QED) is 0.798. The van der Waals surface area contributed by atoms with Gasteiger partial charge in [0, 0.05) is 10.6 Å². The van der Waals surface area contributed by atoms with Crippen LogP contribution in [-0.4, -0.2) is 15.7 Å². The Balaban J connectivity index is 2.34. The predicted octanol–water partition coefficient (Wildman–Crippen LogP) is 2.48. The summed E-state index contributed by atoms with van der Waals surface area (Å²) in [5.41, 5.74) is 8.81. The molecule has 1 heterocycles. The number of nitrogens with one attached hydrogen (secondary N) is 1. The largest absolute Gasteiger partial charge is 0.394 e. The number of nitrogens with zero attached hydrogens (tertiary/aromatic N) is 2. The third-order valence-corrected chi connectivity index (χ3v) is 4.37. The lowest BCUT2D eigenvalue weighted by atomic mass is 10.1. The molecule has 0 aliphatic rings. The smallest absolute Gasteiger partial charge is 0.257 e. The number of anilines is 2. The molecule has 2 rings (SSSR count). The van der Waals surface area contributed by atoms with E-state index in [-0.39, 0.29) is 5.91 Å². The first-order valence-corrected chi connectivity index (χ1v) is 6.85. The zero-order chi connectivity index (χ0) is 14.2. The van der Waals surface area contributed by atoms with Crippen molar-refractivity contribution in [2.45, 2.75) is 13.8 Å². The zero-order valence-electron chi connectivity index (χ0n) is 11.0. The lowest BCUT2D eigenvalue weighted by molar-refractivity contribution is 0.102. The van der Waals surface area contributed by atoms with E-state index >= 15 is 0 Å². The molecule has 2 aromatic rings. The first-order valence-electron chi connectivity index (χ1n) is 5.77. The van der Waals surface area contributed by atoms with E-state index < -0.39 is 0 Å². The Hall–Kier alpha value is -1.57. The minimum absolute atomic E-state index is 0.178. The average Bonchev–Trinajstić information content (AvgIpc) is 2.59. The van der Waals surface area contributed by atoms with Crippen LogP contribution in [0.1, 0.15) is 21.6 Å². The molecule has 0 aliphatic carbocycles. The molecule has 0 fully saturated rings. The zero-order valence-corrected chi connectivity index (χ0v) is 13.1. The number of aryl methyl sites for hydroxylation is 3. The van der Waals surface area contributed by atoms with Crippen molar-refractivity contribution >= 4 is 40.0 Å². The molecule has 6 heteroatoms. The summed E-state index contributed by atoms with van der Waals surface area (Å²) < 4.78 is 2.51. The van der Waals surface area contributed by atoms with Crippen LogP contribution in [-0.2, 0) is 7.05 Å². The third kappa shape index (κ3) is 2.58. The van der Waals surface area contributed by atoms with E-state index in [2.05, 4.69) is 33.0 Å². The first kappa shape index (κ1) is 13.9. The maximum absolute atomic E-state index is 12.3. The van der Waals surface area contributed by atoms with E-state index in [1.165, 1.54) is 0 Å². The van der Waals surface area contributed by atoms with Gasteiger partial charge in [-0.1, -0.05) is 12.1 Å². The number of rotatable bonds is 2. The van der Waals surface area contributed by atoms with Crippen molar-refractivity contribution in [3.05, 3.63) is 38.6 Å². The van der Waals surface area contributed by atoms with E-state index in [9.17, 15) is 4.79 Å². The molecule has 0 saturated heterocycles. The van der Waals surface area contributed by atoms with Crippen molar-refractivity contribution < 1.29 is 4.79 Å². The van der Waals surface area contributed by atoms with E-state index in [0.29, 0.717) is 22.8 Å². The number of hydrogen-bond donors (Lipinski definition) is 2. The number of benzene rings is 1. The predicted molar refractivity (Wildman–Crippen MR) is 84.2 cm³/mol. The van der Waals surface area contributed by atoms with Crippen molar-refractivity contribution in [3.63, 3.8) is 0 Å². The fourth-order valence-corrected chi connectivity index (χ4v) is 2.42. The van der Waals surface area contributed by atoms with Gasteiger partial charge in [0.15, 0.2) is 5.82 Å². The fraction of sp³-hybridized carbons (Fsp3) is 0.231. The SMILES string of the molecule is Cc1cccc(C(=O)Nc2c(N)c(C)nn2C)c1I. The molecule has 1 amide bonds. The summed E-state index contributed by atoms with van der Waals surface area (Å²) in [7, 11) is 1.75. The molecule has 0 aliphatic heterocycles. The molecule has 100 valence electrons. The topological polar surface area (TPSA) is 72.9 Å². The summed E-state index contributed by atoms with van der Waals surface area (Å²) in [5.74, 6) is 0.350. The fourth-order valence-electron chi connectivity index (χ4n) is 1.82.